The molecule has 4 heteroatoms. The third kappa shape index (κ3) is 1.74. The van der Waals surface area contributed by atoms with Crippen molar-refractivity contribution in [3.05, 3.63) is 22.5 Å². The standard InChI is InChI=1S/C10H12N2OS/c1-3-9-8(5-13)10(14)7(4-11)6(2)12-9/h13H,3,5H2,1-2H3,(H,12,14). The number of aliphatic hydroxyl groups is 1. The minimum atomic E-state index is -0.121. The van der Waals surface area contributed by atoms with Crippen LogP contribution >= 0.6 is 12.6 Å². The van der Waals surface area contributed by atoms with Crippen LogP contribution in [0.2, 0.25) is 0 Å². The van der Waals surface area contributed by atoms with Crippen molar-refractivity contribution in [3.63, 3.8) is 0 Å². The van der Waals surface area contributed by atoms with Gasteiger partial charge in [0.1, 0.15) is 6.07 Å². The maximum Gasteiger partial charge on any atom is 0.102 e. The summed E-state index contributed by atoms with van der Waals surface area (Å²) in [6, 6.07) is 2.04. The molecular weight excluding hydrogens is 196 g/mol. The van der Waals surface area contributed by atoms with Crippen LogP contribution in [0.5, 0.6) is 0 Å². The van der Waals surface area contributed by atoms with E-state index in [1.807, 2.05) is 13.0 Å². The predicted octanol–water partition coefficient (Wildman–Crippen LogP) is 1.61. The van der Waals surface area contributed by atoms with Gasteiger partial charge in [0.05, 0.1) is 17.9 Å². The predicted molar refractivity (Wildman–Crippen MR) is 56.2 cm³/mol. The molecule has 3 nitrogen and oxygen atoms in total. The van der Waals surface area contributed by atoms with Crippen LogP contribution < -0.4 is 0 Å². The van der Waals surface area contributed by atoms with Crippen molar-refractivity contribution in [2.24, 2.45) is 0 Å². The molecule has 1 aromatic rings. The van der Waals surface area contributed by atoms with Crippen molar-refractivity contribution in [2.75, 3.05) is 0 Å². The van der Waals surface area contributed by atoms with Crippen LogP contribution in [-0.4, -0.2) is 10.1 Å². The van der Waals surface area contributed by atoms with E-state index in [1.165, 1.54) is 0 Å². The molecule has 0 amide bonds. The van der Waals surface area contributed by atoms with Crippen LogP contribution in [0.25, 0.3) is 0 Å². The number of aliphatic hydroxyl groups excluding tert-OH is 1. The Kier molecular flexibility index (Phi) is 3.50. The summed E-state index contributed by atoms with van der Waals surface area (Å²) < 4.78 is 0. The first-order chi connectivity index (χ1) is 6.65. The highest BCUT2D eigenvalue weighted by atomic mass is 32.1. The fourth-order valence-electron chi connectivity index (χ4n) is 1.38. The topological polar surface area (TPSA) is 56.9 Å². The summed E-state index contributed by atoms with van der Waals surface area (Å²) in [6.45, 7) is 3.61. The van der Waals surface area contributed by atoms with Gasteiger partial charge in [0.25, 0.3) is 0 Å². The zero-order valence-corrected chi connectivity index (χ0v) is 9.10. The number of nitriles is 1. The lowest BCUT2D eigenvalue weighted by molar-refractivity contribution is 0.277. The lowest BCUT2D eigenvalue weighted by Crippen LogP contribution is -2.03. The molecule has 0 saturated heterocycles. The highest BCUT2D eigenvalue weighted by molar-refractivity contribution is 7.80. The van der Waals surface area contributed by atoms with E-state index in [-0.39, 0.29) is 6.61 Å². The molecule has 0 bridgehead atoms. The van der Waals surface area contributed by atoms with E-state index in [0.717, 1.165) is 12.1 Å². The van der Waals surface area contributed by atoms with E-state index in [0.29, 0.717) is 21.7 Å². The first-order valence-electron chi connectivity index (χ1n) is 4.37. The van der Waals surface area contributed by atoms with Gasteiger partial charge < -0.3 is 5.11 Å². The number of pyridine rings is 1. The number of hydrogen-bond donors (Lipinski definition) is 2. The number of thiol groups is 1. The van der Waals surface area contributed by atoms with E-state index >= 15 is 0 Å². The number of aromatic nitrogens is 1. The zero-order chi connectivity index (χ0) is 10.7. The van der Waals surface area contributed by atoms with Crippen LogP contribution in [0, 0.1) is 18.3 Å². The summed E-state index contributed by atoms with van der Waals surface area (Å²) in [4.78, 5) is 4.82. The fraction of sp³-hybridized carbons (Fsp3) is 0.400. The van der Waals surface area contributed by atoms with Gasteiger partial charge in [-0.15, -0.1) is 12.6 Å². The molecule has 0 aliphatic rings. The summed E-state index contributed by atoms with van der Waals surface area (Å²) in [5, 5.41) is 18.0. The van der Waals surface area contributed by atoms with Crippen LogP contribution in [0.15, 0.2) is 4.90 Å². The van der Waals surface area contributed by atoms with Crippen LogP contribution in [-0.2, 0) is 13.0 Å². The van der Waals surface area contributed by atoms with Crippen molar-refractivity contribution in [1.29, 1.82) is 5.26 Å². The largest absolute Gasteiger partial charge is 0.392 e. The maximum absolute atomic E-state index is 9.14. The Labute approximate surface area is 88.8 Å². The SMILES string of the molecule is CCc1nc(C)c(C#N)c(S)c1CO. The quantitative estimate of drug-likeness (QED) is 0.726. The van der Waals surface area contributed by atoms with Crippen LogP contribution in [0.1, 0.15) is 29.4 Å². The van der Waals surface area contributed by atoms with Gasteiger partial charge in [-0.3, -0.25) is 4.98 Å². The summed E-state index contributed by atoms with van der Waals surface area (Å²) in [6.07, 6.45) is 0.732. The normalized spacial score (nSPS) is 9.93. The maximum atomic E-state index is 9.14. The van der Waals surface area contributed by atoms with Crippen molar-refractivity contribution in [3.8, 4) is 6.07 Å². The van der Waals surface area contributed by atoms with Crippen LogP contribution in [0.3, 0.4) is 0 Å². The first kappa shape index (κ1) is 11.0. The van der Waals surface area contributed by atoms with E-state index in [4.69, 9.17) is 10.4 Å². The van der Waals surface area contributed by atoms with Crippen molar-refractivity contribution in [1.82, 2.24) is 4.98 Å². The molecule has 0 aromatic carbocycles. The molecule has 1 heterocycles. The van der Waals surface area contributed by atoms with E-state index < -0.39 is 0 Å². The number of aryl methyl sites for hydroxylation is 2. The molecule has 0 aliphatic heterocycles. The van der Waals surface area contributed by atoms with Gasteiger partial charge in [-0.2, -0.15) is 5.26 Å². The zero-order valence-electron chi connectivity index (χ0n) is 8.20. The molecular formula is C10H12N2OS. The van der Waals surface area contributed by atoms with Crippen molar-refractivity contribution >= 4 is 12.6 Å². The summed E-state index contributed by atoms with van der Waals surface area (Å²) in [5.74, 6) is 0. The minimum absolute atomic E-state index is 0.121. The van der Waals surface area contributed by atoms with Gasteiger partial charge in [-0.05, 0) is 13.3 Å². The van der Waals surface area contributed by atoms with Crippen LogP contribution in [0.4, 0.5) is 0 Å². The molecule has 0 saturated carbocycles. The molecule has 0 unspecified atom stereocenters. The third-order valence-corrected chi connectivity index (χ3v) is 2.63. The van der Waals surface area contributed by atoms with Gasteiger partial charge >= 0.3 is 0 Å². The summed E-state index contributed by atoms with van der Waals surface area (Å²) in [7, 11) is 0. The number of hydrogen-bond acceptors (Lipinski definition) is 4. The number of rotatable bonds is 2. The molecule has 74 valence electrons. The fourth-order valence-corrected chi connectivity index (χ4v) is 1.79. The minimum Gasteiger partial charge on any atom is -0.392 e. The molecule has 1 rings (SSSR count). The van der Waals surface area contributed by atoms with Gasteiger partial charge in [0, 0.05) is 16.2 Å². The first-order valence-corrected chi connectivity index (χ1v) is 4.82. The molecule has 0 spiro atoms. The summed E-state index contributed by atoms with van der Waals surface area (Å²) in [5.41, 5.74) is 2.60. The van der Waals surface area contributed by atoms with E-state index in [1.54, 1.807) is 6.92 Å². The average molecular weight is 208 g/mol. The summed E-state index contributed by atoms with van der Waals surface area (Å²) >= 11 is 4.24. The molecule has 1 N–H and O–H groups in total. The Morgan fingerprint density at radius 2 is 2.21 bits per heavy atom. The monoisotopic (exact) mass is 208 g/mol. The highest BCUT2D eigenvalue weighted by Gasteiger charge is 2.13. The molecule has 1 aromatic heterocycles. The smallest absolute Gasteiger partial charge is 0.102 e. The second-order valence-corrected chi connectivity index (χ2v) is 3.42. The lowest BCUT2D eigenvalue weighted by atomic mass is 10.1. The average Bonchev–Trinajstić information content (AvgIpc) is 2.17. The Morgan fingerprint density at radius 1 is 1.57 bits per heavy atom. The Bertz CT molecular complexity index is 396. The Balaban J connectivity index is 3.49. The van der Waals surface area contributed by atoms with Gasteiger partial charge in [0.2, 0.25) is 0 Å². The van der Waals surface area contributed by atoms with Gasteiger partial charge in [0.15, 0.2) is 0 Å². The second-order valence-electron chi connectivity index (χ2n) is 2.97. The number of nitrogens with zero attached hydrogens (tertiary/aromatic N) is 2. The molecule has 0 radical (unpaired) electrons. The molecule has 14 heavy (non-hydrogen) atoms. The van der Waals surface area contributed by atoms with Gasteiger partial charge in [-0.25, -0.2) is 0 Å². The molecule has 0 aliphatic carbocycles. The molecule has 0 atom stereocenters. The van der Waals surface area contributed by atoms with Crippen molar-refractivity contribution in [2.45, 2.75) is 31.8 Å². The Hall–Kier alpha value is -1.05. The van der Waals surface area contributed by atoms with E-state index in [9.17, 15) is 0 Å². The lowest BCUT2D eigenvalue weighted by Gasteiger charge is -2.10. The van der Waals surface area contributed by atoms with Gasteiger partial charge in [-0.1, -0.05) is 6.92 Å². The highest BCUT2D eigenvalue weighted by Crippen LogP contribution is 2.23. The van der Waals surface area contributed by atoms with E-state index in [2.05, 4.69) is 17.6 Å². The third-order valence-electron chi connectivity index (χ3n) is 2.14. The molecule has 0 fully saturated rings. The van der Waals surface area contributed by atoms with Crippen molar-refractivity contribution < 1.29 is 5.11 Å². The second kappa shape index (κ2) is 4.45. The Morgan fingerprint density at radius 3 is 2.64 bits per heavy atom.